The first-order chi connectivity index (χ1) is 9.19. The van der Waals surface area contributed by atoms with Crippen molar-refractivity contribution in [3.05, 3.63) is 34.3 Å². The van der Waals surface area contributed by atoms with Crippen LogP contribution in [0.2, 0.25) is 0 Å². The van der Waals surface area contributed by atoms with Gasteiger partial charge in [0.1, 0.15) is 0 Å². The third-order valence-corrected chi connectivity index (χ3v) is 4.93. The fourth-order valence-electron chi connectivity index (χ4n) is 3.05. The van der Waals surface area contributed by atoms with Crippen LogP contribution < -0.4 is 5.32 Å². The summed E-state index contributed by atoms with van der Waals surface area (Å²) in [5.41, 5.74) is 1.46. The second kappa shape index (κ2) is 6.87. The van der Waals surface area contributed by atoms with Gasteiger partial charge in [0.05, 0.1) is 0 Å². The van der Waals surface area contributed by atoms with Gasteiger partial charge in [-0.3, -0.25) is 0 Å². The van der Waals surface area contributed by atoms with Crippen LogP contribution in [0, 0.1) is 5.41 Å². The van der Waals surface area contributed by atoms with Gasteiger partial charge in [-0.25, -0.2) is 0 Å². The van der Waals surface area contributed by atoms with Crippen LogP contribution in [-0.4, -0.2) is 18.3 Å². The van der Waals surface area contributed by atoms with Crippen LogP contribution >= 0.6 is 15.9 Å². The Morgan fingerprint density at radius 3 is 2.42 bits per heavy atom. The van der Waals surface area contributed by atoms with E-state index in [0.717, 1.165) is 30.3 Å². The molecule has 0 amide bonds. The normalized spacial score (nSPS) is 19.5. The van der Waals surface area contributed by atoms with Crippen molar-refractivity contribution in [1.29, 1.82) is 0 Å². The molecule has 1 aromatic rings. The Hall–Kier alpha value is -0.380. The highest BCUT2D eigenvalue weighted by Crippen LogP contribution is 2.37. The summed E-state index contributed by atoms with van der Waals surface area (Å²) >= 11 is 3.48. The number of hydrogen-bond acceptors (Lipinski definition) is 2. The minimum atomic E-state index is 0.128. The SMILES string of the molecule is CCC(NCC1(CO)CCCC1)c1ccc(Br)cc1. The zero-order valence-electron chi connectivity index (χ0n) is 11.7. The van der Waals surface area contributed by atoms with Crippen molar-refractivity contribution in [3.63, 3.8) is 0 Å². The van der Waals surface area contributed by atoms with E-state index in [0.29, 0.717) is 12.6 Å². The van der Waals surface area contributed by atoms with Crippen LogP contribution in [0.3, 0.4) is 0 Å². The second-order valence-electron chi connectivity index (χ2n) is 5.76. The van der Waals surface area contributed by atoms with Crippen LogP contribution in [0.5, 0.6) is 0 Å². The van der Waals surface area contributed by atoms with Crippen LogP contribution in [0.1, 0.15) is 50.6 Å². The number of halogens is 1. The molecule has 0 radical (unpaired) electrons. The van der Waals surface area contributed by atoms with Gasteiger partial charge in [-0.1, -0.05) is 47.8 Å². The Balaban J connectivity index is 1.97. The Morgan fingerprint density at radius 2 is 1.89 bits per heavy atom. The van der Waals surface area contributed by atoms with Crippen molar-refractivity contribution >= 4 is 15.9 Å². The molecule has 0 aromatic heterocycles. The van der Waals surface area contributed by atoms with Crippen molar-refractivity contribution in [3.8, 4) is 0 Å². The van der Waals surface area contributed by atoms with Crippen LogP contribution in [-0.2, 0) is 0 Å². The quantitative estimate of drug-likeness (QED) is 0.827. The van der Waals surface area contributed by atoms with Gasteiger partial charge >= 0.3 is 0 Å². The maximum atomic E-state index is 9.66. The molecular formula is C16H24BrNO. The van der Waals surface area contributed by atoms with E-state index in [-0.39, 0.29) is 5.41 Å². The van der Waals surface area contributed by atoms with E-state index < -0.39 is 0 Å². The second-order valence-corrected chi connectivity index (χ2v) is 6.67. The average molecular weight is 326 g/mol. The molecule has 0 aliphatic heterocycles. The van der Waals surface area contributed by atoms with Gasteiger partial charge in [-0.15, -0.1) is 0 Å². The fraction of sp³-hybridized carbons (Fsp3) is 0.625. The van der Waals surface area contributed by atoms with Crippen molar-refractivity contribution in [2.45, 2.75) is 45.1 Å². The molecule has 2 nitrogen and oxygen atoms in total. The lowest BCUT2D eigenvalue weighted by Crippen LogP contribution is -2.37. The lowest BCUT2D eigenvalue weighted by molar-refractivity contribution is 0.124. The minimum Gasteiger partial charge on any atom is -0.396 e. The number of hydrogen-bond donors (Lipinski definition) is 2. The number of nitrogens with one attached hydrogen (secondary N) is 1. The molecule has 2 rings (SSSR count). The molecule has 1 unspecified atom stereocenters. The van der Waals surface area contributed by atoms with Crippen molar-refractivity contribution in [2.75, 3.05) is 13.2 Å². The van der Waals surface area contributed by atoms with Gasteiger partial charge in [-0.2, -0.15) is 0 Å². The predicted octanol–water partition coefficient (Wildman–Crippen LogP) is 4.04. The molecule has 19 heavy (non-hydrogen) atoms. The Morgan fingerprint density at radius 1 is 1.26 bits per heavy atom. The molecule has 2 N–H and O–H groups in total. The van der Waals surface area contributed by atoms with Crippen molar-refractivity contribution in [2.24, 2.45) is 5.41 Å². The molecule has 0 saturated heterocycles. The standard InChI is InChI=1S/C16H24BrNO/c1-2-15(13-5-7-14(17)8-6-13)18-11-16(12-19)9-3-4-10-16/h5-8,15,18-19H,2-4,9-12H2,1H3. The predicted molar refractivity (Wildman–Crippen MR) is 83.2 cm³/mol. The summed E-state index contributed by atoms with van der Waals surface area (Å²) in [6, 6.07) is 8.92. The van der Waals surface area contributed by atoms with Gasteiger partial charge in [0, 0.05) is 29.1 Å². The summed E-state index contributed by atoms with van der Waals surface area (Å²) < 4.78 is 1.12. The molecular weight excluding hydrogens is 302 g/mol. The number of rotatable bonds is 6. The van der Waals surface area contributed by atoms with Crippen LogP contribution in [0.4, 0.5) is 0 Å². The summed E-state index contributed by atoms with van der Waals surface area (Å²) in [7, 11) is 0. The first-order valence-electron chi connectivity index (χ1n) is 7.29. The zero-order chi connectivity index (χ0) is 13.7. The molecule has 1 aliphatic carbocycles. The smallest absolute Gasteiger partial charge is 0.0499 e. The van der Waals surface area contributed by atoms with Crippen molar-refractivity contribution < 1.29 is 5.11 Å². The van der Waals surface area contributed by atoms with Crippen LogP contribution in [0.25, 0.3) is 0 Å². The summed E-state index contributed by atoms with van der Waals surface area (Å²) in [6.07, 6.45) is 5.91. The molecule has 0 spiro atoms. The van der Waals surface area contributed by atoms with E-state index in [1.807, 2.05) is 0 Å². The monoisotopic (exact) mass is 325 g/mol. The number of aliphatic hydroxyl groups excluding tert-OH is 1. The highest BCUT2D eigenvalue weighted by Gasteiger charge is 2.33. The lowest BCUT2D eigenvalue weighted by Gasteiger charge is -2.29. The molecule has 1 aliphatic rings. The van der Waals surface area contributed by atoms with Crippen molar-refractivity contribution in [1.82, 2.24) is 5.32 Å². The molecule has 106 valence electrons. The summed E-state index contributed by atoms with van der Waals surface area (Å²) in [5.74, 6) is 0. The van der Waals surface area contributed by atoms with E-state index in [9.17, 15) is 5.11 Å². The average Bonchev–Trinajstić information content (AvgIpc) is 2.91. The van der Waals surface area contributed by atoms with E-state index in [1.54, 1.807) is 0 Å². The van der Waals surface area contributed by atoms with Crippen LogP contribution in [0.15, 0.2) is 28.7 Å². The van der Waals surface area contributed by atoms with E-state index in [4.69, 9.17) is 0 Å². The summed E-state index contributed by atoms with van der Waals surface area (Å²) in [5, 5.41) is 13.3. The largest absolute Gasteiger partial charge is 0.396 e. The molecule has 1 saturated carbocycles. The van der Waals surface area contributed by atoms with Gasteiger partial charge in [0.25, 0.3) is 0 Å². The lowest BCUT2D eigenvalue weighted by atomic mass is 9.86. The topological polar surface area (TPSA) is 32.3 Å². The summed E-state index contributed by atoms with van der Waals surface area (Å²) in [6.45, 7) is 3.45. The number of aliphatic hydroxyl groups is 1. The van der Waals surface area contributed by atoms with Gasteiger partial charge in [0.15, 0.2) is 0 Å². The molecule has 3 heteroatoms. The van der Waals surface area contributed by atoms with E-state index >= 15 is 0 Å². The third-order valence-electron chi connectivity index (χ3n) is 4.40. The maximum Gasteiger partial charge on any atom is 0.0499 e. The molecule has 1 fully saturated rings. The highest BCUT2D eigenvalue weighted by atomic mass is 79.9. The fourth-order valence-corrected chi connectivity index (χ4v) is 3.31. The Labute approximate surface area is 124 Å². The Bertz CT molecular complexity index is 384. The van der Waals surface area contributed by atoms with E-state index in [1.165, 1.54) is 18.4 Å². The highest BCUT2D eigenvalue weighted by molar-refractivity contribution is 9.10. The molecule has 0 bridgehead atoms. The summed E-state index contributed by atoms with van der Waals surface area (Å²) in [4.78, 5) is 0. The zero-order valence-corrected chi connectivity index (χ0v) is 13.2. The first kappa shape index (κ1) is 15.0. The molecule has 1 aromatic carbocycles. The van der Waals surface area contributed by atoms with Gasteiger partial charge in [-0.05, 0) is 37.0 Å². The van der Waals surface area contributed by atoms with Gasteiger partial charge < -0.3 is 10.4 Å². The number of benzene rings is 1. The Kier molecular flexibility index (Phi) is 5.43. The first-order valence-corrected chi connectivity index (χ1v) is 8.08. The molecule has 1 atom stereocenters. The van der Waals surface area contributed by atoms with Gasteiger partial charge in [0.2, 0.25) is 0 Å². The minimum absolute atomic E-state index is 0.128. The maximum absolute atomic E-state index is 9.66. The van der Waals surface area contributed by atoms with E-state index in [2.05, 4.69) is 52.4 Å². The third kappa shape index (κ3) is 3.80. The molecule has 0 heterocycles.